The number of primary amides is 1. The topological polar surface area (TPSA) is 77.6 Å². The largest absolute Gasteiger partial charge is 0.497 e. The van der Waals surface area contributed by atoms with E-state index < -0.39 is 5.91 Å². The van der Waals surface area contributed by atoms with Gasteiger partial charge in [-0.1, -0.05) is 6.42 Å². The van der Waals surface area contributed by atoms with E-state index in [9.17, 15) is 9.59 Å². The van der Waals surface area contributed by atoms with Crippen LogP contribution in [0.15, 0.2) is 29.1 Å². The summed E-state index contributed by atoms with van der Waals surface area (Å²) in [6, 6.07) is 6.69. The zero-order chi connectivity index (χ0) is 17.1. The van der Waals surface area contributed by atoms with Gasteiger partial charge in [-0.25, -0.2) is 0 Å². The van der Waals surface area contributed by atoms with Gasteiger partial charge in [0.1, 0.15) is 5.75 Å². The number of aromatic nitrogens is 1. The van der Waals surface area contributed by atoms with Crippen LogP contribution < -0.4 is 16.0 Å². The van der Waals surface area contributed by atoms with Gasteiger partial charge in [-0.2, -0.15) is 0 Å². The minimum atomic E-state index is -0.592. The summed E-state index contributed by atoms with van der Waals surface area (Å²) in [4.78, 5) is 26.6. The van der Waals surface area contributed by atoms with Gasteiger partial charge in [-0.05, 0) is 38.1 Å². The van der Waals surface area contributed by atoms with Crippen LogP contribution >= 0.6 is 0 Å². The average Bonchev–Trinajstić information content (AvgIpc) is 2.60. The Balaban J connectivity index is 2.01. The Morgan fingerprint density at radius 1 is 1.17 bits per heavy atom. The summed E-state index contributed by atoms with van der Waals surface area (Å²) in [6.45, 7) is 3.56. The highest BCUT2D eigenvalue weighted by Crippen LogP contribution is 2.22. The quantitative estimate of drug-likeness (QED) is 0.904. The van der Waals surface area contributed by atoms with E-state index in [0.717, 1.165) is 19.6 Å². The fourth-order valence-electron chi connectivity index (χ4n) is 3.35. The predicted octanol–water partition coefficient (Wildman–Crippen LogP) is 1.59. The number of hydrogen-bond donors (Lipinski definition) is 1. The number of pyridine rings is 1. The number of methoxy groups -OCH3 is 1. The first-order valence-electron chi connectivity index (χ1n) is 8.34. The first-order chi connectivity index (χ1) is 11.6. The molecule has 0 atom stereocenters. The molecule has 0 radical (unpaired) electrons. The summed E-state index contributed by atoms with van der Waals surface area (Å²) in [6.07, 6.45) is 3.71. The van der Waals surface area contributed by atoms with Crippen LogP contribution in [-0.2, 0) is 6.54 Å². The number of piperidine rings is 1. The van der Waals surface area contributed by atoms with E-state index in [4.69, 9.17) is 10.5 Å². The van der Waals surface area contributed by atoms with Gasteiger partial charge >= 0.3 is 0 Å². The Hall–Kier alpha value is -2.34. The lowest BCUT2D eigenvalue weighted by atomic mass is 10.1. The van der Waals surface area contributed by atoms with Gasteiger partial charge < -0.3 is 19.9 Å². The molecule has 1 aliphatic rings. The number of ether oxygens (including phenoxy) is 1. The van der Waals surface area contributed by atoms with E-state index in [2.05, 4.69) is 4.90 Å². The van der Waals surface area contributed by atoms with Gasteiger partial charge in [0, 0.05) is 30.6 Å². The molecule has 2 heterocycles. The second-order valence-corrected chi connectivity index (χ2v) is 6.20. The minimum Gasteiger partial charge on any atom is -0.497 e. The third kappa shape index (κ3) is 3.28. The average molecular weight is 329 g/mol. The molecular formula is C18H23N3O3. The molecular weight excluding hydrogens is 306 g/mol. The molecule has 2 N–H and O–H groups in total. The number of benzene rings is 1. The summed E-state index contributed by atoms with van der Waals surface area (Å²) in [5.74, 6) is 0.0562. The molecule has 1 saturated heterocycles. The molecule has 24 heavy (non-hydrogen) atoms. The highest BCUT2D eigenvalue weighted by atomic mass is 16.5. The van der Waals surface area contributed by atoms with E-state index >= 15 is 0 Å². The maximum atomic E-state index is 12.5. The molecule has 2 aromatic rings. The molecule has 128 valence electrons. The van der Waals surface area contributed by atoms with Crippen LogP contribution in [0.1, 0.15) is 29.6 Å². The summed E-state index contributed by atoms with van der Waals surface area (Å²) in [7, 11) is 1.58. The van der Waals surface area contributed by atoms with Crippen LogP contribution in [0.25, 0.3) is 10.9 Å². The smallest absolute Gasteiger partial charge is 0.251 e. The SMILES string of the molecule is COc1ccc2c(C(N)=O)cc(=O)n(CCN3CCCCC3)c2c1. The second-order valence-electron chi connectivity index (χ2n) is 6.20. The molecule has 1 amide bonds. The van der Waals surface area contributed by atoms with Gasteiger partial charge in [0.05, 0.1) is 18.2 Å². The Bertz CT molecular complexity index is 807. The fraction of sp³-hybridized carbons (Fsp3) is 0.444. The molecule has 1 aromatic carbocycles. The highest BCUT2D eigenvalue weighted by Gasteiger charge is 2.15. The van der Waals surface area contributed by atoms with Crippen molar-refractivity contribution >= 4 is 16.8 Å². The lowest BCUT2D eigenvalue weighted by Gasteiger charge is -2.27. The number of fused-ring (bicyclic) bond motifs is 1. The summed E-state index contributed by atoms with van der Waals surface area (Å²) in [5.41, 5.74) is 6.17. The molecule has 1 aliphatic heterocycles. The third-order valence-electron chi connectivity index (χ3n) is 4.67. The van der Waals surface area contributed by atoms with Gasteiger partial charge in [0.25, 0.3) is 5.56 Å². The maximum absolute atomic E-state index is 12.5. The van der Waals surface area contributed by atoms with Crippen molar-refractivity contribution in [2.45, 2.75) is 25.8 Å². The van der Waals surface area contributed by atoms with Crippen molar-refractivity contribution in [3.8, 4) is 5.75 Å². The predicted molar refractivity (Wildman–Crippen MR) is 93.6 cm³/mol. The van der Waals surface area contributed by atoms with Crippen LogP contribution in [0.4, 0.5) is 0 Å². The van der Waals surface area contributed by atoms with Gasteiger partial charge in [0.15, 0.2) is 0 Å². The number of rotatable bonds is 5. The van der Waals surface area contributed by atoms with E-state index in [1.165, 1.54) is 25.3 Å². The zero-order valence-electron chi connectivity index (χ0n) is 14.0. The van der Waals surface area contributed by atoms with E-state index in [1.807, 2.05) is 0 Å². The van der Waals surface area contributed by atoms with Crippen LogP contribution in [-0.4, -0.2) is 42.1 Å². The highest BCUT2D eigenvalue weighted by molar-refractivity contribution is 6.05. The standard InChI is InChI=1S/C18H23N3O3/c1-24-13-5-6-14-15(18(19)23)12-17(22)21(16(14)11-13)10-9-20-7-3-2-4-8-20/h5-6,11-12H,2-4,7-10H2,1H3,(H2,19,23). The van der Waals surface area contributed by atoms with E-state index in [-0.39, 0.29) is 11.1 Å². The van der Waals surface area contributed by atoms with Crippen molar-refractivity contribution in [1.82, 2.24) is 9.47 Å². The normalized spacial score (nSPS) is 15.5. The van der Waals surface area contributed by atoms with E-state index in [0.29, 0.717) is 23.2 Å². The second kappa shape index (κ2) is 7.05. The molecule has 3 rings (SSSR count). The molecule has 6 heteroatoms. The lowest BCUT2D eigenvalue weighted by molar-refractivity contribution is 0.100. The van der Waals surface area contributed by atoms with Crippen molar-refractivity contribution in [2.75, 3.05) is 26.7 Å². The number of carbonyl (C=O) groups is 1. The molecule has 1 fully saturated rings. The summed E-state index contributed by atoms with van der Waals surface area (Å²) < 4.78 is 6.98. The van der Waals surface area contributed by atoms with Crippen LogP contribution in [0.5, 0.6) is 5.75 Å². The van der Waals surface area contributed by atoms with E-state index in [1.54, 1.807) is 29.9 Å². The number of hydrogen-bond acceptors (Lipinski definition) is 4. The maximum Gasteiger partial charge on any atom is 0.251 e. The van der Waals surface area contributed by atoms with Crippen molar-refractivity contribution in [2.24, 2.45) is 5.73 Å². The Labute approximate surface area is 140 Å². The molecule has 0 unspecified atom stereocenters. The summed E-state index contributed by atoms with van der Waals surface area (Å²) in [5, 5.41) is 0.682. The number of nitrogens with zero attached hydrogens (tertiary/aromatic N) is 2. The van der Waals surface area contributed by atoms with Gasteiger partial charge in [-0.15, -0.1) is 0 Å². The Morgan fingerprint density at radius 3 is 2.58 bits per heavy atom. The van der Waals surface area contributed by atoms with Crippen LogP contribution in [0, 0.1) is 0 Å². The van der Waals surface area contributed by atoms with Crippen LogP contribution in [0.3, 0.4) is 0 Å². The third-order valence-corrected chi connectivity index (χ3v) is 4.67. The fourth-order valence-corrected chi connectivity index (χ4v) is 3.35. The summed E-state index contributed by atoms with van der Waals surface area (Å²) >= 11 is 0. The number of nitrogens with two attached hydrogens (primary N) is 1. The van der Waals surface area contributed by atoms with Crippen molar-refractivity contribution in [3.63, 3.8) is 0 Å². The van der Waals surface area contributed by atoms with Gasteiger partial charge in [-0.3, -0.25) is 9.59 Å². The molecule has 1 aromatic heterocycles. The van der Waals surface area contributed by atoms with Crippen molar-refractivity contribution < 1.29 is 9.53 Å². The molecule has 0 spiro atoms. The first-order valence-corrected chi connectivity index (χ1v) is 8.34. The molecule has 0 saturated carbocycles. The Kier molecular flexibility index (Phi) is 4.85. The molecule has 0 aliphatic carbocycles. The van der Waals surface area contributed by atoms with Crippen molar-refractivity contribution in [1.29, 1.82) is 0 Å². The minimum absolute atomic E-state index is 0.207. The number of likely N-dealkylation sites (tertiary alicyclic amines) is 1. The Morgan fingerprint density at radius 2 is 1.92 bits per heavy atom. The number of carbonyl (C=O) groups excluding carboxylic acids is 1. The molecule has 0 bridgehead atoms. The van der Waals surface area contributed by atoms with Crippen LogP contribution in [0.2, 0.25) is 0 Å². The monoisotopic (exact) mass is 329 g/mol. The first kappa shape index (κ1) is 16.5. The molecule has 6 nitrogen and oxygen atoms in total. The van der Waals surface area contributed by atoms with Gasteiger partial charge in [0.2, 0.25) is 5.91 Å². The number of amides is 1. The lowest BCUT2D eigenvalue weighted by Crippen LogP contribution is -2.35. The van der Waals surface area contributed by atoms with Crippen molar-refractivity contribution in [3.05, 3.63) is 40.2 Å². The zero-order valence-corrected chi connectivity index (χ0v) is 14.0.